The Labute approximate surface area is 139 Å². The molecule has 0 aliphatic rings. The number of rotatable bonds is 3. The highest BCUT2D eigenvalue weighted by molar-refractivity contribution is 5.93. The largest absolute Gasteiger partial charge is 0.497 e. The van der Waals surface area contributed by atoms with Gasteiger partial charge in [-0.3, -0.25) is 9.78 Å². The topological polar surface area (TPSA) is 44.1 Å². The Bertz CT molecular complexity index is 1020. The van der Waals surface area contributed by atoms with Crippen LogP contribution in [-0.4, -0.2) is 16.7 Å². The fourth-order valence-electron chi connectivity index (χ4n) is 3.05. The van der Waals surface area contributed by atoms with Crippen LogP contribution in [-0.2, 0) is 6.54 Å². The summed E-state index contributed by atoms with van der Waals surface area (Å²) in [5.41, 5.74) is 2.94. The summed E-state index contributed by atoms with van der Waals surface area (Å²) in [4.78, 5) is 16.9. The predicted molar refractivity (Wildman–Crippen MR) is 95.6 cm³/mol. The van der Waals surface area contributed by atoms with Crippen molar-refractivity contribution in [3.05, 3.63) is 82.8 Å². The normalized spacial score (nSPS) is 11.0. The fraction of sp³-hybridized carbons (Fsp3) is 0.100. The smallest absolute Gasteiger partial charge is 0.197 e. The Morgan fingerprint density at radius 2 is 1.71 bits per heavy atom. The summed E-state index contributed by atoms with van der Waals surface area (Å²) < 4.78 is 7.36. The van der Waals surface area contributed by atoms with Crippen molar-refractivity contribution in [2.24, 2.45) is 0 Å². The van der Waals surface area contributed by atoms with Crippen LogP contribution in [0.4, 0.5) is 0 Å². The minimum Gasteiger partial charge on any atom is -0.497 e. The van der Waals surface area contributed by atoms with E-state index in [0.717, 1.165) is 27.7 Å². The first kappa shape index (κ1) is 14.5. The van der Waals surface area contributed by atoms with E-state index in [0.29, 0.717) is 11.9 Å². The molecule has 4 rings (SSSR count). The van der Waals surface area contributed by atoms with E-state index in [1.54, 1.807) is 25.6 Å². The van der Waals surface area contributed by atoms with Crippen LogP contribution in [0.2, 0.25) is 0 Å². The van der Waals surface area contributed by atoms with Crippen LogP contribution < -0.4 is 10.2 Å². The summed E-state index contributed by atoms with van der Waals surface area (Å²) in [6.45, 7) is 0.660. The van der Waals surface area contributed by atoms with Gasteiger partial charge >= 0.3 is 0 Å². The Balaban J connectivity index is 1.97. The first-order chi connectivity index (χ1) is 11.8. The van der Waals surface area contributed by atoms with Crippen molar-refractivity contribution in [3.63, 3.8) is 0 Å². The lowest BCUT2D eigenvalue weighted by Crippen LogP contribution is -2.12. The maximum Gasteiger partial charge on any atom is 0.197 e. The zero-order chi connectivity index (χ0) is 16.5. The fourth-order valence-corrected chi connectivity index (χ4v) is 3.05. The molecule has 2 heterocycles. The highest BCUT2D eigenvalue weighted by atomic mass is 16.5. The predicted octanol–water partition coefficient (Wildman–Crippen LogP) is 3.61. The zero-order valence-corrected chi connectivity index (χ0v) is 13.3. The summed E-state index contributed by atoms with van der Waals surface area (Å²) in [6, 6.07) is 17.5. The second kappa shape index (κ2) is 5.81. The SMILES string of the molecule is COc1ccc(Cn2c3ccccc3c(=O)c3ccncc32)cc1. The van der Waals surface area contributed by atoms with Gasteiger partial charge in [0.05, 0.1) is 24.3 Å². The van der Waals surface area contributed by atoms with Crippen molar-refractivity contribution in [1.82, 2.24) is 9.55 Å². The number of hydrogen-bond donors (Lipinski definition) is 0. The molecule has 2 aromatic carbocycles. The molecule has 2 aromatic heterocycles. The van der Waals surface area contributed by atoms with Crippen LogP contribution in [0.5, 0.6) is 5.75 Å². The van der Waals surface area contributed by atoms with Crippen LogP contribution in [0.15, 0.2) is 71.8 Å². The number of para-hydroxylation sites is 1. The third-order valence-electron chi connectivity index (χ3n) is 4.27. The van der Waals surface area contributed by atoms with Gasteiger partial charge in [-0.1, -0.05) is 24.3 Å². The molecule has 0 fully saturated rings. The summed E-state index contributed by atoms with van der Waals surface area (Å²) in [7, 11) is 1.66. The molecule has 4 heteroatoms. The molecule has 0 amide bonds. The third kappa shape index (κ3) is 2.33. The number of nitrogens with zero attached hydrogens (tertiary/aromatic N) is 2. The summed E-state index contributed by atoms with van der Waals surface area (Å²) in [6.07, 6.45) is 3.42. The zero-order valence-electron chi connectivity index (χ0n) is 13.3. The van der Waals surface area contributed by atoms with Gasteiger partial charge < -0.3 is 9.30 Å². The van der Waals surface area contributed by atoms with Crippen molar-refractivity contribution in [2.75, 3.05) is 7.11 Å². The average Bonchev–Trinajstić information content (AvgIpc) is 2.65. The van der Waals surface area contributed by atoms with Crippen LogP contribution in [0.25, 0.3) is 21.8 Å². The Kier molecular flexibility index (Phi) is 3.50. The third-order valence-corrected chi connectivity index (χ3v) is 4.27. The van der Waals surface area contributed by atoms with Crippen molar-refractivity contribution in [1.29, 1.82) is 0 Å². The second-order valence-corrected chi connectivity index (χ2v) is 5.67. The molecular weight excluding hydrogens is 300 g/mol. The van der Waals surface area contributed by atoms with Crippen LogP contribution in [0.3, 0.4) is 0 Å². The van der Waals surface area contributed by atoms with Crippen LogP contribution in [0, 0.1) is 0 Å². The number of methoxy groups -OCH3 is 1. The quantitative estimate of drug-likeness (QED) is 0.542. The first-order valence-electron chi connectivity index (χ1n) is 7.76. The number of aromatic nitrogens is 2. The maximum absolute atomic E-state index is 12.7. The summed E-state index contributed by atoms with van der Waals surface area (Å²) in [5, 5.41) is 1.42. The summed E-state index contributed by atoms with van der Waals surface area (Å²) in [5.74, 6) is 0.829. The van der Waals surface area contributed by atoms with E-state index >= 15 is 0 Å². The molecule has 0 unspecified atom stereocenters. The minimum absolute atomic E-state index is 0.0500. The van der Waals surface area contributed by atoms with E-state index in [2.05, 4.69) is 9.55 Å². The minimum atomic E-state index is 0.0500. The van der Waals surface area contributed by atoms with Gasteiger partial charge in [-0.2, -0.15) is 0 Å². The lowest BCUT2D eigenvalue weighted by molar-refractivity contribution is 0.414. The molecule has 0 aliphatic carbocycles. The highest BCUT2D eigenvalue weighted by Crippen LogP contribution is 2.21. The monoisotopic (exact) mass is 316 g/mol. The van der Waals surface area contributed by atoms with Gasteiger partial charge in [0.2, 0.25) is 0 Å². The molecule has 0 bridgehead atoms. The Morgan fingerprint density at radius 1 is 0.958 bits per heavy atom. The van der Waals surface area contributed by atoms with Crippen LogP contribution in [0.1, 0.15) is 5.56 Å². The van der Waals surface area contributed by atoms with E-state index < -0.39 is 0 Å². The van der Waals surface area contributed by atoms with E-state index in [9.17, 15) is 4.79 Å². The van der Waals surface area contributed by atoms with Gasteiger partial charge in [-0.15, -0.1) is 0 Å². The van der Waals surface area contributed by atoms with Gasteiger partial charge in [0.25, 0.3) is 0 Å². The first-order valence-corrected chi connectivity index (χ1v) is 7.76. The van der Waals surface area contributed by atoms with Crippen molar-refractivity contribution < 1.29 is 4.74 Å². The number of pyridine rings is 2. The number of ether oxygens (including phenoxy) is 1. The highest BCUT2D eigenvalue weighted by Gasteiger charge is 2.10. The standard InChI is InChI=1S/C20H16N2O2/c1-24-15-8-6-14(7-9-15)13-22-18-5-3-2-4-16(18)20(23)17-10-11-21-12-19(17)22/h2-12H,13H2,1H3. The lowest BCUT2D eigenvalue weighted by Gasteiger charge is -2.15. The van der Waals surface area contributed by atoms with E-state index in [4.69, 9.17) is 4.74 Å². The second-order valence-electron chi connectivity index (χ2n) is 5.67. The molecule has 4 nitrogen and oxygen atoms in total. The Hall–Kier alpha value is -3.14. The molecule has 0 spiro atoms. The van der Waals surface area contributed by atoms with Crippen molar-refractivity contribution >= 4 is 21.8 Å². The molecule has 24 heavy (non-hydrogen) atoms. The van der Waals surface area contributed by atoms with Crippen molar-refractivity contribution in [2.45, 2.75) is 6.54 Å². The van der Waals surface area contributed by atoms with Gasteiger partial charge in [-0.25, -0.2) is 0 Å². The molecule has 0 radical (unpaired) electrons. The van der Waals surface area contributed by atoms with Gasteiger partial charge in [-0.05, 0) is 35.9 Å². The molecule has 0 saturated heterocycles. The average molecular weight is 316 g/mol. The summed E-state index contributed by atoms with van der Waals surface area (Å²) >= 11 is 0. The van der Waals surface area contributed by atoms with Gasteiger partial charge in [0.15, 0.2) is 5.43 Å². The van der Waals surface area contributed by atoms with E-state index in [1.807, 2.05) is 48.5 Å². The van der Waals surface area contributed by atoms with E-state index in [1.165, 1.54) is 0 Å². The molecule has 0 N–H and O–H groups in total. The number of fused-ring (bicyclic) bond motifs is 2. The van der Waals surface area contributed by atoms with E-state index in [-0.39, 0.29) is 5.43 Å². The Morgan fingerprint density at radius 3 is 2.50 bits per heavy atom. The number of hydrogen-bond acceptors (Lipinski definition) is 3. The molecule has 118 valence electrons. The van der Waals surface area contributed by atoms with Crippen LogP contribution >= 0.6 is 0 Å². The van der Waals surface area contributed by atoms with Gasteiger partial charge in [0.1, 0.15) is 5.75 Å². The van der Waals surface area contributed by atoms with Gasteiger partial charge in [0, 0.05) is 23.5 Å². The molecule has 0 saturated carbocycles. The molecular formula is C20H16N2O2. The molecule has 4 aromatic rings. The van der Waals surface area contributed by atoms with Crippen molar-refractivity contribution in [3.8, 4) is 5.75 Å². The molecule has 0 aliphatic heterocycles. The molecule has 0 atom stereocenters. The lowest BCUT2D eigenvalue weighted by atomic mass is 10.1. The maximum atomic E-state index is 12.7. The number of benzene rings is 2.